The van der Waals surface area contributed by atoms with Crippen LogP contribution in [0.2, 0.25) is 0 Å². The summed E-state index contributed by atoms with van der Waals surface area (Å²) in [6.45, 7) is 8.61. The lowest BCUT2D eigenvalue weighted by Gasteiger charge is -2.17. The second-order valence-electron chi connectivity index (χ2n) is 4.84. The van der Waals surface area contributed by atoms with Crippen molar-refractivity contribution < 1.29 is 4.79 Å². The summed E-state index contributed by atoms with van der Waals surface area (Å²) in [5.41, 5.74) is 2.49. The first-order valence-electron chi connectivity index (χ1n) is 6.62. The van der Waals surface area contributed by atoms with Crippen LogP contribution in [0.15, 0.2) is 24.3 Å². The Morgan fingerprint density at radius 3 is 2.56 bits per heavy atom. The second kappa shape index (κ2) is 7.17. The normalized spacial score (nSPS) is 14.0. The van der Waals surface area contributed by atoms with Gasteiger partial charge in [-0.3, -0.25) is 4.79 Å². The zero-order chi connectivity index (χ0) is 13.5. The minimum Gasteiger partial charge on any atom is -0.353 e. The third-order valence-corrected chi connectivity index (χ3v) is 3.24. The van der Waals surface area contributed by atoms with Crippen molar-refractivity contribution in [1.29, 1.82) is 0 Å². The maximum absolute atomic E-state index is 11.7. The zero-order valence-electron chi connectivity index (χ0n) is 11.8. The van der Waals surface area contributed by atoms with Gasteiger partial charge in [0.05, 0.1) is 6.54 Å². The third-order valence-electron chi connectivity index (χ3n) is 3.24. The summed E-state index contributed by atoms with van der Waals surface area (Å²) in [4.78, 5) is 11.7. The van der Waals surface area contributed by atoms with Gasteiger partial charge in [-0.1, -0.05) is 31.2 Å². The lowest BCUT2D eigenvalue weighted by Crippen LogP contribution is -2.39. The van der Waals surface area contributed by atoms with Gasteiger partial charge in [-0.05, 0) is 38.3 Å². The van der Waals surface area contributed by atoms with Gasteiger partial charge >= 0.3 is 0 Å². The molecule has 0 radical (unpaired) electrons. The van der Waals surface area contributed by atoms with E-state index in [0.29, 0.717) is 6.54 Å². The number of hydrogen-bond donors (Lipinski definition) is 2. The highest BCUT2D eigenvalue weighted by molar-refractivity contribution is 5.78. The predicted octanol–water partition coefficient (Wildman–Crippen LogP) is 2.56. The maximum atomic E-state index is 11.7. The lowest BCUT2D eigenvalue weighted by molar-refractivity contribution is -0.121. The summed E-state index contributed by atoms with van der Waals surface area (Å²) < 4.78 is 0. The van der Waals surface area contributed by atoms with Gasteiger partial charge in [0.2, 0.25) is 5.91 Å². The van der Waals surface area contributed by atoms with Crippen LogP contribution in [0, 0.1) is 6.92 Å². The van der Waals surface area contributed by atoms with E-state index in [1.165, 1.54) is 11.1 Å². The van der Waals surface area contributed by atoms with Crippen LogP contribution in [0.5, 0.6) is 0 Å². The van der Waals surface area contributed by atoms with E-state index in [-0.39, 0.29) is 18.0 Å². The van der Waals surface area contributed by atoms with E-state index in [1.807, 2.05) is 19.1 Å². The summed E-state index contributed by atoms with van der Waals surface area (Å²) in [7, 11) is 0. The molecule has 1 rings (SSSR count). The first-order valence-corrected chi connectivity index (χ1v) is 6.62. The van der Waals surface area contributed by atoms with Gasteiger partial charge in [-0.2, -0.15) is 0 Å². The number of aryl methyl sites for hydroxylation is 1. The van der Waals surface area contributed by atoms with Crippen molar-refractivity contribution in [3.05, 3.63) is 35.4 Å². The SMILES string of the molecule is CCC(C)NC(=O)CNC(C)c1ccccc1C. The van der Waals surface area contributed by atoms with Crippen LogP contribution in [0.3, 0.4) is 0 Å². The number of carbonyl (C=O) groups is 1. The molecule has 0 saturated carbocycles. The summed E-state index contributed by atoms with van der Waals surface area (Å²) in [5, 5.41) is 6.21. The fourth-order valence-corrected chi connectivity index (χ4v) is 1.86. The molecular weight excluding hydrogens is 224 g/mol. The molecule has 1 aromatic rings. The van der Waals surface area contributed by atoms with Crippen LogP contribution in [-0.4, -0.2) is 18.5 Å². The Kier molecular flexibility index (Phi) is 5.86. The second-order valence-corrected chi connectivity index (χ2v) is 4.84. The molecule has 2 atom stereocenters. The Labute approximate surface area is 110 Å². The largest absolute Gasteiger partial charge is 0.353 e. The minimum absolute atomic E-state index is 0.0600. The predicted molar refractivity (Wildman–Crippen MR) is 75.5 cm³/mol. The van der Waals surface area contributed by atoms with E-state index < -0.39 is 0 Å². The van der Waals surface area contributed by atoms with Gasteiger partial charge < -0.3 is 10.6 Å². The van der Waals surface area contributed by atoms with E-state index in [9.17, 15) is 4.79 Å². The Hall–Kier alpha value is -1.35. The molecule has 3 heteroatoms. The third kappa shape index (κ3) is 4.49. The lowest BCUT2D eigenvalue weighted by atomic mass is 10.0. The topological polar surface area (TPSA) is 41.1 Å². The Bertz CT molecular complexity index is 390. The van der Waals surface area contributed by atoms with Gasteiger partial charge in [-0.25, -0.2) is 0 Å². The molecule has 0 aliphatic rings. The molecule has 3 nitrogen and oxygen atoms in total. The highest BCUT2D eigenvalue weighted by atomic mass is 16.1. The van der Waals surface area contributed by atoms with E-state index in [4.69, 9.17) is 0 Å². The van der Waals surface area contributed by atoms with E-state index in [1.54, 1.807) is 0 Å². The Morgan fingerprint density at radius 1 is 1.28 bits per heavy atom. The van der Waals surface area contributed by atoms with Crippen molar-refractivity contribution in [1.82, 2.24) is 10.6 Å². The van der Waals surface area contributed by atoms with Crippen LogP contribution in [0.4, 0.5) is 0 Å². The van der Waals surface area contributed by atoms with Crippen LogP contribution in [0.25, 0.3) is 0 Å². The van der Waals surface area contributed by atoms with E-state index in [0.717, 1.165) is 6.42 Å². The average Bonchev–Trinajstić information content (AvgIpc) is 2.36. The van der Waals surface area contributed by atoms with Crippen molar-refractivity contribution in [2.45, 2.75) is 46.2 Å². The van der Waals surface area contributed by atoms with Crippen molar-refractivity contribution in [3.8, 4) is 0 Å². The van der Waals surface area contributed by atoms with Gasteiger partial charge in [0, 0.05) is 12.1 Å². The highest BCUT2D eigenvalue weighted by Gasteiger charge is 2.10. The smallest absolute Gasteiger partial charge is 0.234 e. The molecule has 0 aliphatic carbocycles. The van der Waals surface area contributed by atoms with Gasteiger partial charge in [0.1, 0.15) is 0 Å². The number of amides is 1. The Balaban J connectivity index is 2.44. The molecule has 1 amide bonds. The number of nitrogens with one attached hydrogen (secondary N) is 2. The molecule has 18 heavy (non-hydrogen) atoms. The average molecular weight is 248 g/mol. The molecule has 0 aliphatic heterocycles. The van der Waals surface area contributed by atoms with E-state index >= 15 is 0 Å². The summed E-state index contributed by atoms with van der Waals surface area (Å²) >= 11 is 0. The number of hydrogen-bond acceptors (Lipinski definition) is 2. The van der Waals surface area contributed by atoms with Gasteiger partial charge in [-0.15, -0.1) is 0 Å². The maximum Gasteiger partial charge on any atom is 0.234 e. The molecule has 2 N–H and O–H groups in total. The number of rotatable bonds is 6. The molecule has 1 aromatic carbocycles. The first kappa shape index (κ1) is 14.7. The molecule has 0 saturated heterocycles. The highest BCUT2D eigenvalue weighted by Crippen LogP contribution is 2.15. The molecule has 0 fully saturated rings. The molecule has 100 valence electrons. The summed E-state index contributed by atoms with van der Waals surface area (Å²) in [6, 6.07) is 8.68. The van der Waals surface area contributed by atoms with Crippen molar-refractivity contribution in [2.24, 2.45) is 0 Å². The molecule has 0 bridgehead atoms. The molecule has 0 spiro atoms. The molecule has 0 aromatic heterocycles. The van der Waals surface area contributed by atoms with Crippen molar-refractivity contribution >= 4 is 5.91 Å². The van der Waals surface area contributed by atoms with Crippen LogP contribution >= 0.6 is 0 Å². The van der Waals surface area contributed by atoms with Crippen molar-refractivity contribution in [3.63, 3.8) is 0 Å². The van der Waals surface area contributed by atoms with Gasteiger partial charge in [0.15, 0.2) is 0 Å². The fraction of sp³-hybridized carbons (Fsp3) is 0.533. The summed E-state index contributed by atoms with van der Waals surface area (Å²) in [6.07, 6.45) is 0.957. The van der Waals surface area contributed by atoms with Gasteiger partial charge in [0.25, 0.3) is 0 Å². The molecule has 2 unspecified atom stereocenters. The first-order chi connectivity index (χ1) is 8.54. The molecule has 0 heterocycles. The minimum atomic E-state index is 0.0600. The van der Waals surface area contributed by atoms with Crippen LogP contribution in [0.1, 0.15) is 44.4 Å². The standard InChI is InChI=1S/C15H24N2O/c1-5-12(3)17-15(18)10-16-13(4)14-9-7-6-8-11(14)2/h6-9,12-13,16H,5,10H2,1-4H3,(H,17,18). The quantitative estimate of drug-likeness (QED) is 0.812. The number of benzene rings is 1. The van der Waals surface area contributed by atoms with Crippen LogP contribution < -0.4 is 10.6 Å². The molecular formula is C15H24N2O. The Morgan fingerprint density at radius 2 is 1.94 bits per heavy atom. The van der Waals surface area contributed by atoms with Crippen LogP contribution in [-0.2, 0) is 4.79 Å². The zero-order valence-corrected chi connectivity index (χ0v) is 11.8. The van der Waals surface area contributed by atoms with Crippen molar-refractivity contribution in [2.75, 3.05) is 6.54 Å². The fourth-order valence-electron chi connectivity index (χ4n) is 1.86. The van der Waals surface area contributed by atoms with E-state index in [2.05, 4.69) is 43.5 Å². The monoisotopic (exact) mass is 248 g/mol. The number of carbonyl (C=O) groups excluding carboxylic acids is 1. The summed E-state index contributed by atoms with van der Waals surface area (Å²) in [5.74, 6) is 0.0600.